The Morgan fingerprint density at radius 3 is 2.07 bits per heavy atom. The normalized spacial score (nSPS) is 10.1. The van der Waals surface area contributed by atoms with Crippen LogP contribution in [0.1, 0.15) is 33.6 Å². The average molecular weight is 216 g/mol. The van der Waals surface area contributed by atoms with E-state index in [9.17, 15) is 4.79 Å². The van der Waals surface area contributed by atoms with Crippen molar-refractivity contribution in [3.8, 4) is 0 Å². The second-order valence-corrected chi connectivity index (χ2v) is 4.00. The lowest BCUT2D eigenvalue weighted by Crippen LogP contribution is -1.90. The Bertz CT molecular complexity index is 207. The van der Waals surface area contributed by atoms with Crippen LogP contribution in [0.3, 0.4) is 0 Å². The van der Waals surface area contributed by atoms with E-state index in [1.165, 1.54) is 4.91 Å². The third-order valence-electron chi connectivity index (χ3n) is 1.24. The summed E-state index contributed by atoms with van der Waals surface area (Å²) in [5.41, 5.74) is 1.12. The maximum atomic E-state index is 9.60. The third kappa shape index (κ3) is 17.4. The van der Waals surface area contributed by atoms with Gasteiger partial charge in [-0.1, -0.05) is 25.2 Å². The molecule has 0 saturated heterocycles. The fraction of sp³-hybridized carbons (Fsp3) is 0.545. The minimum absolute atomic E-state index is 0.292. The van der Waals surface area contributed by atoms with Crippen molar-refractivity contribution in [1.29, 1.82) is 0 Å². The molecular formula is C11H20O2S. The van der Waals surface area contributed by atoms with Crippen LogP contribution in [-0.2, 0) is 4.79 Å². The van der Waals surface area contributed by atoms with E-state index in [1.807, 2.05) is 13.8 Å². The number of aliphatic carboxylic acids is 1. The second kappa shape index (κ2) is 10.4. The molecular weight excluding hydrogens is 196 g/mol. The molecule has 0 amide bonds. The summed E-state index contributed by atoms with van der Waals surface area (Å²) < 4.78 is 0. The summed E-state index contributed by atoms with van der Waals surface area (Å²) >= 11 is 1.75. The van der Waals surface area contributed by atoms with Crippen LogP contribution >= 0.6 is 11.8 Å². The Balaban J connectivity index is 0. The molecule has 0 atom stereocenters. The zero-order valence-electron chi connectivity index (χ0n) is 9.46. The minimum atomic E-state index is -0.711. The molecule has 2 nitrogen and oxygen atoms in total. The molecule has 14 heavy (non-hydrogen) atoms. The number of rotatable bonds is 4. The van der Waals surface area contributed by atoms with Gasteiger partial charge in [0, 0.05) is 6.42 Å². The zero-order chi connectivity index (χ0) is 11.6. The van der Waals surface area contributed by atoms with E-state index in [0.717, 1.165) is 12.0 Å². The molecule has 0 heterocycles. The van der Waals surface area contributed by atoms with E-state index in [2.05, 4.69) is 25.8 Å². The van der Waals surface area contributed by atoms with Crippen molar-refractivity contribution in [3.05, 3.63) is 23.1 Å². The summed E-state index contributed by atoms with van der Waals surface area (Å²) in [7, 11) is 0. The molecule has 0 unspecified atom stereocenters. The Hall–Kier alpha value is -0.700. The van der Waals surface area contributed by atoms with Crippen LogP contribution in [0.25, 0.3) is 0 Å². The molecule has 0 fully saturated rings. The van der Waals surface area contributed by atoms with Gasteiger partial charge in [0.25, 0.3) is 0 Å². The Kier molecular flexibility index (Phi) is 11.7. The quantitative estimate of drug-likeness (QED) is 0.728. The fourth-order valence-corrected chi connectivity index (χ4v) is 0.939. The average Bonchev–Trinajstić information content (AvgIpc) is 2.03. The van der Waals surface area contributed by atoms with E-state index in [-0.39, 0.29) is 0 Å². The lowest BCUT2D eigenvalue weighted by Gasteiger charge is -1.91. The molecule has 0 radical (unpaired) electrons. The molecule has 0 rings (SSSR count). The van der Waals surface area contributed by atoms with Crippen molar-refractivity contribution in [2.24, 2.45) is 0 Å². The zero-order valence-corrected chi connectivity index (χ0v) is 10.3. The van der Waals surface area contributed by atoms with Crippen molar-refractivity contribution in [3.63, 3.8) is 0 Å². The number of thioether (sulfide) groups is 1. The molecule has 0 spiro atoms. The molecule has 1 N–H and O–H groups in total. The van der Waals surface area contributed by atoms with Gasteiger partial charge >= 0.3 is 5.97 Å². The van der Waals surface area contributed by atoms with Crippen molar-refractivity contribution in [2.75, 3.05) is 6.26 Å². The standard InChI is InChI=1S/C7H12S.C4H8O2/c1-6(2)5-7(3)8-4;1-2-3-4(5)6/h5H,1H2,2-4H3;2-3H2,1H3,(H,5,6)/b7-5-;. The van der Waals surface area contributed by atoms with Crippen LogP contribution in [-0.4, -0.2) is 17.3 Å². The van der Waals surface area contributed by atoms with Gasteiger partial charge in [0.2, 0.25) is 0 Å². The Morgan fingerprint density at radius 1 is 1.50 bits per heavy atom. The number of carbonyl (C=O) groups is 1. The number of carboxylic acids is 1. The highest BCUT2D eigenvalue weighted by molar-refractivity contribution is 8.02. The van der Waals surface area contributed by atoms with Gasteiger partial charge in [0.1, 0.15) is 0 Å². The van der Waals surface area contributed by atoms with E-state index >= 15 is 0 Å². The van der Waals surface area contributed by atoms with Gasteiger partial charge in [-0.3, -0.25) is 4.79 Å². The molecule has 0 aromatic carbocycles. The summed E-state index contributed by atoms with van der Waals surface area (Å²) in [6.45, 7) is 9.68. The van der Waals surface area contributed by atoms with Gasteiger partial charge in [0.05, 0.1) is 0 Å². The summed E-state index contributed by atoms with van der Waals surface area (Å²) in [4.78, 5) is 10.9. The second-order valence-electron chi connectivity index (χ2n) is 2.95. The lowest BCUT2D eigenvalue weighted by atomic mass is 10.3. The molecule has 82 valence electrons. The highest BCUT2D eigenvalue weighted by atomic mass is 32.2. The summed E-state index contributed by atoms with van der Waals surface area (Å²) in [5.74, 6) is -0.711. The van der Waals surface area contributed by atoms with Crippen molar-refractivity contribution >= 4 is 17.7 Å². The minimum Gasteiger partial charge on any atom is -0.481 e. The van der Waals surface area contributed by atoms with Gasteiger partial charge in [0.15, 0.2) is 0 Å². The summed E-state index contributed by atoms with van der Waals surface area (Å²) in [6.07, 6.45) is 5.16. The van der Waals surface area contributed by atoms with Gasteiger partial charge in [-0.2, -0.15) is 0 Å². The summed E-state index contributed by atoms with van der Waals surface area (Å²) in [6, 6.07) is 0. The molecule has 0 saturated carbocycles. The highest BCUT2D eigenvalue weighted by Crippen LogP contribution is 2.11. The predicted molar refractivity (Wildman–Crippen MR) is 64.6 cm³/mol. The van der Waals surface area contributed by atoms with Gasteiger partial charge in [-0.05, 0) is 31.4 Å². The van der Waals surface area contributed by atoms with Crippen molar-refractivity contribution < 1.29 is 9.90 Å². The molecule has 3 heteroatoms. The van der Waals surface area contributed by atoms with E-state index in [0.29, 0.717) is 6.42 Å². The monoisotopic (exact) mass is 216 g/mol. The number of allylic oxidation sites excluding steroid dienone is 3. The third-order valence-corrected chi connectivity index (χ3v) is 2.00. The van der Waals surface area contributed by atoms with Crippen LogP contribution in [0.15, 0.2) is 23.1 Å². The van der Waals surface area contributed by atoms with Gasteiger partial charge < -0.3 is 5.11 Å². The molecule has 0 aliphatic rings. The van der Waals surface area contributed by atoms with Crippen LogP contribution in [0.2, 0.25) is 0 Å². The molecule has 0 aromatic rings. The SMILES string of the molecule is C=C(C)/C=C(/C)SC.CCCC(=O)O. The Labute approximate surface area is 91.1 Å². The van der Waals surface area contributed by atoms with Crippen LogP contribution in [0.5, 0.6) is 0 Å². The topological polar surface area (TPSA) is 37.3 Å². The van der Waals surface area contributed by atoms with Crippen LogP contribution in [0.4, 0.5) is 0 Å². The molecule has 0 aliphatic carbocycles. The molecule has 0 aliphatic heterocycles. The summed E-state index contributed by atoms with van der Waals surface area (Å²) in [5, 5.41) is 7.91. The largest absolute Gasteiger partial charge is 0.481 e. The van der Waals surface area contributed by atoms with E-state index in [1.54, 1.807) is 11.8 Å². The molecule has 0 bridgehead atoms. The number of hydrogen-bond acceptors (Lipinski definition) is 2. The van der Waals surface area contributed by atoms with Crippen LogP contribution < -0.4 is 0 Å². The first-order chi connectivity index (χ1) is 6.43. The smallest absolute Gasteiger partial charge is 0.303 e. The number of carboxylic acid groups (broad SMARTS) is 1. The van der Waals surface area contributed by atoms with Crippen LogP contribution in [0, 0.1) is 0 Å². The van der Waals surface area contributed by atoms with Crippen molar-refractivity contribution in [2.45, 2.75) is 33.6 Å². The highest BCUT2D eigenvalue weighted by Gasteiger charge is 1.87. The first-order valence-corrected chi connectivity index (χ1v) is 5.76. The molecule has 0 aromatic heterocycles. The lowest BCUT2D eigenvalue weighted by molar-refractivity contribution is -0.137. The fourth-order valence-electron chi connectivity index (χ4n) is 0.620. The first-order valence-electron chi connectivity index (χ1n) is 4.53. The van der Waals surface area contributed by atoms with Gasteiger partial charge in [-0.15, -0.1) is 11.8 Å². The predicted octanol–water partition coefficient (Wildman–Crippen LogP) is 3.70. The van der Waals surface area contributed by atoms with E-state index in [4.69, 9.17) is 5.11 Å². The number of hydrogen-bond donors (Lipinski definition) is 1. The van der Waals surface area contributed by atoms with E-state index < -0.39 is 5.97 Å². The first kappa shape index (κ1) is 15.8. The maximum Gasteiger partial charge on any atom is 0.303 e. The van der Waals surface area contributed by atoms with Gasteiger partial charge in [-0.25, -0.2) is 0 Å². The Morgan fingerprint density at radius 2 is 2.00 bits per heavy atom. The maximum absolute atomic E-state index is 9.60. The van der Waals surface area contributed by atoms with Crippen molar-refractivity contribution in [1.82, 2.24) is 0 Å².